The molecule has 1 aliphatic rings. The molecule has 1 aliphatic carbocycles. The molecule has 0 spiro atoms. The fourth-order valence-corrected chi connectivity index (χ4v) is 3.10. The van der Waals surface area contributed by atoms with Crippen LogP contribution >= 0.6 is 11.3 Å². The highest BCUT2D eigenvalue weighted by Gasteiger charge is 2.34. The van der Waals surface area contributed by atoms with Crippen LogP contribution in [0.5, 0.6) is 5.75 Å². The maximum Gasteiger partial charge on any atom is 0.178 e. The van der Waals surface area contributed by atoms with Gasteiger partial charge < -0.3 is 20.7 Å². The van der Waals surface area contributed by atoms with Crippen LogP contribution in [0.3, 0.4) is 0 Å². The van der Waals surface area contributed by atoms with Gasteiger partial charge in [0, 0.05) is 19.0 Å². The van der Waals surface area contributed by atoms with E-state index in [-0.39, 0.29) is 17.8 Å². The number of nitrogens with zero attached hydrogens (tertiary/aromatic N) is 1. The molecule has 0 saturated heterocycles. The SMILES string of the molecule is CC(C)Oc1c(NCCN(C)C)sc(C(=O)C2CC2)c1N. The molecule has 1 saturated carbocycles. The van der Waals surface area contributed by atoms with E-state index in [1.54, 1.807) is 0 Å². The van der Waals surface area contributed by atoms with Crippen molar-refractivity contribution in [3.8, 4) is 5.75 Å². The minimum absolute atomic E-state index is 0.0279. The Morgan fingerprint density at radius 2 is 2.14 bits per heavy atom. The highest BCUT2D eigenvalue weighted by molar-refractivity contribution is 7.19. The molecule has 21 heavy (non-hydrogen) atoms. The normalized spacial score (nSPS) is 14.8. The van der Waals surface area contributed by atoms with E-state index >= 15 is 0 Å². The van der Waals surface area contributed by atoms with Crippen LogP contribution in [-0.4, -0.2) is 44.0 Å². The first kappa shape index (κ1) is 16.1. The first-order valence-electron chi connectivity index (χ1n) is 7.41. The van der Waals surface area contributed by atoms with Crippen LogP contribution in [0, 0.1) is 5.92 Å². The molecule has 118 valence electrons. The van der Waals surface area contributed by atoms with Crippen LogP contribution in [-0.2, 0) is 0 Å². The number of nitrogen functional groups attached to an aromatic ring is 1. The summed E-state index contributed by atoms with van der Waals surface area (Å²) in [5, 5.41) is 4.21. The average molecular weight is 311 g/mol. The summed E-state index contributed by atoms with van der Waals surface area (Å²) in [6.45, 7) is 5.62. The van der Waals surface area contributed by atoms with E-state index in [9.17, 15) is 4.79 Å². The van der Waals surface area contributed by atoms with Crippen molar-refractivity contribution >= 4 is 27.8 Å². The molecule has 3 N–H and O–H groups in total. The number of carbonyl (C=O) groups excluding carboxylic acids is 1. The smallest absolute Gasteiger partial charge is 0.178 e. The number of hydrogen-bond donors (Lipinski definition) is 2. The first-order valence-corrected chi connectivity index (χ1v) is 8.23. The summed E-state index contributed by atoms with van der Waals surface area (Å²) < 4.78 is 5.82. The van der Waals surface area contributed by atoms with Crippen LogP contribution in [0.15, 0.2) is 0 Å². The molecule has 0 bridgehead atoms. The van der Waals surface area contributed by atoms with Crippen LogP contribution in [0.4, 0.5) is 10.7 Å². The molecule has 1 aromatic heterocycles. The predicted octanol–water partition coefficient (Wildman–Crippen LogP) is 2.68. The quantitative estimate of drug-likeness (QED) is 0.723. The number of nitrogens with two attached hydrogens (primary N) is 1. The number of ketones is 1. The molecule has 0 amide bonds. The van der Waals surface area contributed by atoms with Crippen molar-refractivity contribution in [1.29, 1.82) is 0 Å². The van der Waals surface area contributed by atoms with Gasteiger partial charge in [-0.15, -0.1) is 11.3 Å². The van der Waals surface area contributed by atoms with Gasteiger partial charge in [-0.2, -0.15) is 0 Å². The second kappa shape index (κ2) is 6.66. The summed E-state index contributed by atoms with van der Waals surface area (Å²) in [6.07, 6.45) is 2.00. The summed E-state index contributed by atoms with van der Waals surface area (Å²) in [6, 6.07) is 0. The minimum atomic E-state index is 0.0279. The molecule has 0 aliphatic heterocycles. The van der Waals surface area contributed by atoms with Crippen LogP contribution in [0.1, 0.15) is 36.4 Å². The molecule has 0 atom stereocenters. The number of ether oxygens (including phenoxy) is 1. The summed E-state index contributed by atoms with van der Waals surface area (Å²) in [5.74, 6) is 0.983. The molecule has 0 radical (unpaired) electrons. The number of likely N-dealkylation sites (N-methyl/N-ethyl adjacent to an activating group) is 1. The second-order valence-corrected chi connectivity index (χ2v) is 7.06. The van der Waals surface area contributed by atoms with E-state index < -0.39 is 0 Å². The number of anilines is 2. The van der Waals surface area contributed by atoms with Gasteiger partial charge in [0.25, 0.3) is 0 Å². The van der Waals surface area contributed by atoms with Gasteiger partial charge in [0.1, 0.15) is 5.00 Å². The maximum absolute atomic E-state index is 12.3. The molecular weight excluding hydrogens is 286 g/mol. The van der Waals surface area contributed by atoms with Gasteiger partial charge in [-0.25, -0.2) is 0 Å². The van der Waals surface area contributed by atoms with Crippen LogP contribution in [0.25, 0.3) is 0 Å². The fraction of sp³-hybridized carbons (Fsp3) is 0.667. The lowest BCUT2D eigenvalue weighted by molar-refractivity contribution is 0.0972. The van der Waals surface area contributed by atoms with Crippen LogP contribution < -0.4 is 15.8 Å². The molecule has 5 nitrogen and oxygen atoms in total. The Morgan fingerprint density at radius 3 is 2.67 bits per heavy atom. The Labute approximate surface area is 130 Å². The van der Waals surface area contributed by atoms with Crippen molar-refractivity contribution in [1.82, 2.24) is 4.90 Å². The molecule has 6 heteroatoms. The Morgan fingerprint density at radius 1 is 1.48 bits per heavy atom. The summed E-state index contributed by atoms with van der Waals surface area (Å²) in [5.41, 5.74) is 6.66. The highest BCUT2D eigenvalue weighted by Crippen LogP contribution is 2.46. The highest BCUT2D eigenvalue weighted by atomic mass is 32.1. The average Bonchev–Trinajstić information content (AvgIpc) is 3.18. The molecule has 1 fully saturated rings. The van der Waals surface area contributed by atoms with E-state index in [1.807, 2.05) is 27.9 Å². The first-order chi connectivity index (χ1) is 9.90. The van der Waals surface area contributed by atoms with Gasteiger partial charge in [-0.05, 0) is 40.8 Å². The van der Waals surface area contributed by atoms with E-state index in [0.717, 1.165) is 30.9 Å². The number of rotatable bonds is 8. The number of carbonyl (C=O) groups is 1. The molecule has 0 unspecified atom stereocenters. The largest absolute Gasteiger partial charge is 0.486 e. The number of nitrogens with one attached hydrogen (secondary N) is 1. The van der Waals surface area contributed by atoms with E-state index in [4.69, 9.17) is 10.5 Å². The van der Waals surface area contributed by atoms with E-state index in [0.29, 0.717) is 16.3 Å². The zero-order chi connectivity index (χ0) is 15.6. The Balaban J connectivity index is 2.19. The zero-order valence-electron chi connectivity index (χ0n) is 13.2. The van der Waals surface area contributed by atoms with Crippen molar-refractivity contribution in [2.75, 3.05) is 38.2 Å². The van der Waals surface area contributed by atoms with Gasteiger partial charge in [0.05, 0.1) is 16.7 Å². The molecule has 0 aromatic carbocycles. The van der Waals surface area contributed by atoms with Gasteiger partial charge in [0.2, 0.25) is 0 Å². The summed E-state index contributed by atoms with van der Waals surface area (Å²) in [4.78, 5) is 15.1. The lowest BCUT2D eigenvalue weighted by Crippen LogP contribution is -2.20. The van der Waals surface area contributed by atoms with Crippen molar-refractivity contribution < 1.29 is 9.53 Å². The summed E-state index contributed by atoms with van der Waals surface area (Å²) in [7, 11) is 4.05. The molecule has 2 rings (SSSR count). The van der Waals surface area contributed by atoms with Gasteiger partial charge in [-0.1, -0.05) is 0 Å². The summed E-state index contributed by atoms with van der Waals surface area (Å²) >= 11 is 1.43. The maximum atomic E-state index is 12.3. The lowest BCUT2D eigenvalue weighted by atomic mass is 10.2. The van der Waals surface area contributed by atoms with Crippen LogP contribution in [0.2, 0.25) is 0 Å². The molecular formula is C15H25N3O2S. The third kappa shape index (κ3) is 4.11. The number of hydrogen-bond acceptors (Lipinski definition) is 6. The van der Waals surface area contributed by atoms with Gasteiger partial charge in [0.15, 0.2) is 11.5 Å². The van der Waals surface area contributed by atoms with Crippen molar-refractivity contribution in [3.05, 3.63) is 4.88 Å². The molecule has 1 heterocycles. The zero-order valence-corrected chi connectivity index (χ0v) is 14.0. The Hall–Kier alpha value is -1.27. The lowest BCUT2D eigenvalue weighted by Gasteiger charge is -2.14. The second-order valence-electron chi connectivity index (χ2n) is 6.04. The fourth-order valence-electron chi connectivity index (χ4n) is 2.00. The third-order valence-electron chi connectivity index (χ3n) is 3.27. The topological polar surface area (TPSA) is 67.6 Å². The van der Waals surface area contributed by atoms with Crippen molar-refractivity contribution in [2.24, 2.45) is 5.92 Å². The van der Waals surface area contributed by atoms with E-state index in [2.05, 4.69) is 10.2 Å². The van der Waals surface area contributed by atoms with E-state index in [1.165, 1.54) is 11.3 Å². The monoisotopic (exact) mass is 311 g/mol. The Bertz CT molecular complexity index is 507. The number of thiophene rings is 1. The van der Waals surface area contributed by atoms with Gasteiger partial charge in [-0.3, -0.25) is 4.79 Å². The Kier molecular flexibility index (Phi) is 5.11. The predicted molar refractivity (Wildman–Crippen MR) is 88.6 cm³/mol. The molecule has 1 aromatic rings. The third-order valence-corrected chi connectivity index (χ3v) is 4.43. The number of Topliss-reactive ketones (excluding diaryl/α,β-unsaturated/α-hetero) is 1. The van der Waals surface area contributed by atoms with Gasteiger partial charge >= 0.3 is 0 Å². The standard InChI is InChI=1S/C15H25N3O2S/c1-9(2)20-13-11(16)14(12(19)10-5-6-10)21-15(13)17-7-8-18(3)4/h9-10,17H,5-8,16H2,1-4H3. The minimum Gasteiger partial charge on any atom is -0.486 e. The van der Waals surface area contributed by atoms with Crippen molar-refractivity contribution in [3.63, 3.8) is 0 Å². The van der Waals surface area contributed by atoms with Crippen molar-refractivity contribution in [2.45, 2.75) is 32.8 Å².